The lowest BCUT2D eigenvalue weighted by molar-refractivity contribution is -0.207. The summed E-state index contributed by atoms with van der Waals surface area (Å²) in [5, 5.41) is 10.5. The molecule has 2 rings (SSSR count). The zero-order valence-corrected chi connectivity index (χ0v) is 11.9. The van der Waals surface area contributed by atoms with Gasteiger partial charge in [0.1, 0.15) is 0 Å². The average Bonchev–Trinajstić information content (AvgIpc) is 2.37. The van der Waals surface area contributed by atoms with Gasteiger partial charge in [-0.05, 0) is 37.8 Å². The molecule has 0 aromatic heterocycles. The summed E-state index contributed by atoms with van der Waals surface area (Å²) in [6, 6.07) is 5.51. The van der Waals surface area contributed by atoms with Gasteiger partial charge in [-0.3, -0.25) is 0 Å². The Morgan fingerprint density at radius 2 is 1.80 bits per heavy atom. The van der Waals surface area contributed by atoms with Crippen LogP contribution in [0, 0.1) is 25.7 Å². The van der Waals surface area contributed by atoms with Crippen LogP contribution in [0.3, 0.4) is 0 Å². The first-order chi connectivity index (χ1) is 9.30. The molecule has 1 saturated carbocycles. The lowest BCUT2D eigenvalue weighted by atomic mass is 9.73. The van der Waals surface area contributed by atoms with Crippen LogP contribution in [0.2, 0.25) is 0 Å². The zero-order chi connectivity index (χ0) is 14.9. The number of aliphatic hydroxyl groups excluding tert-OH is 1. The molecule has 3 unspecified atom stereocenters. The maximum atomic E-state index is 13.1. The van der Waals surface area contributed by atoms with Crippen LogP contribution < -0.4 is 0 Å². The number of benzene rings is 1. The molecule has 1 aromatic rings. The third kappa shape index (κ3) is 3.17. The second kappa shape index (κ2) is 5.76. The maximum absolute atomic E-state index is 13.1. The predicted octanol–water partition coefficient (Wildman–Crippen LogP) is 4.71. The van der Waals surface area contributed by atoms with E-state index in [-0.39, 0.29) is 6.42 Å². The molecule has 0 heterocycles. The molecule has 1 fully saturated rings. The number of aliphatic hydroxyl groups is 1. The highest BCUT2D eigenvalue weighted by atomic mass is 19.4. The van der Waals surface area contributed by atoms with Gasteiger partial charge in [-0.25, -0.2) is 0 Å². The summed E-state index contributed by atoms with van der Waals surface area (Å²) in [7, 11) is 0. The first kappa shape index (κ1) is 15.4. The van der Waals surface area contributed by atoms with Crippen molar-refractivity contribution in [3.63, 3.8) is 0 Å². The van der Waals surface area contributed by atoms with E-state index in [4.69, 9.17) is 0 Å². The van der Waals surface area contributed by atoms with Gasteiger partial charge >= 0.3 is 6.18 Å². The Kier molecular flexibility index (Phi) is 4.43. The van der Waals surface area contributed by atoms with Crippen molar-refractivity contribution in [3.05, 3.63) is 34.9 Å². The first-order valence-electron chi connectivity index (χ1n) is 7.12. The molecule has 4 heteroatoms. The van der Waals surface area contributed by atoms with E-state index in [1.165, 1.54) is 0 Å². The van der Waals surface area contributed by atoms with Crippen LogP contribution in [0.5, 0.6) is 0 Å². The number of aryl methyl sites for hydroxylation is 2. The van der Waals surface area contributed by atoms with E-state index >= 15 is 0 Å². The van der Waals surface area contributed by atoms with Gasteiger partial charge in [0.15, 0.2) is 0 Å². The van der Waals surface area contributed by atoms with Crippen molar-refractivity contribution >= 4 is 0 Å². The first-order valence-corrected chi connectivity index (χ1v) is 7.12. The molecule has 112 valence electrons. The SMILES string of the molecule is Cc1ccc(C(O)C2CCCCC2C(F)(F)F)c(C)c1. The standard InChI is InChI=1S/C16H21F3O/c1-10-7-8-12(11(2)9-10)15(20)13-5-3-4-6-14(13)16(17,18)19/h7-9,13-15,20H,3-6H2,1-2H3. The summed E-state index contributed by atoms with van der Waals surface area (Å²) in [4.78, 5) is 0. The number of hydrogen-bond donors (Lipinski definition) is 1. The molecular weight excluding hydrogens is 265 g/mol. The van der Waals surface area contributed by atoms with Crippen LogP contribution >= 0.6 is 0 Å². The maximum Gasteiger partial charge on any atom is 0.392 e. The highest BCUT2D eigenvalue weighted by Crippen LogP contribution is 2.46. The van der Waals surface area contributed by atoms with E-state index in [2.05, 4.69) is 0 Å². The minimum absolute atomic E-state index is 0.135. The number of rotatable bonds is 2. The van der Waals surface area contributed by atoms with Gasteiger partial charge in [0.25, 0.3) is 0 Å². The van der Waals surface area contributed by atoms with E-state index in [0.717, 1.165) is 17.5 Å². The minimum atomic E-state index is -4.22. The highest BCUT2D eigenvalue weighted by molar-refractivity contribution is 5.32. The van der Waals surface area contributed by atoms with Crippen molar-refractivity contribution in [2.24, 2.45) is 11.8 Å². The van der Waals surface area contributed by atoms with E-state index in [9.17, 15) is 18.3 Å². The summed E-state index contributed by atoms with van der Waals surface area (Å²) < 4.78 is 39.4. The van der Waals surface area contributed by atoms with Gasteiger partial charge in [0, 0.05) is 5.92 Å². The normalized spacial score (nSPS) is 25.5. The number of alkyl halides is 3. The van der Waals surface area contributed by atoms with Crippen LogP contribution in [0.4, 0.5) is 13.2 Å². The van der Waals surface area contributed by atoms with E-state index in [0.29, 0.717) is 18.4 Å². The topological polar surface area (TPSA) is 20.2 Å². The van der Waals surface area contributed by atoms with Crippen molar-refractivity contribution in [1.29, 1.82) is 0 Å². The Balaban J connectivity index is 2.27. The van der Waals surface area contributed by atoms with E-state index in [1.54, 1.807) is 6.07 Å². The molecular formula is C16H21F3O. The molecule has 1 aliphatic carbocycles. The molecule has 0 amide bonds. The van der Waals surface area contributed by atoms with Gasteiger partial charge < -0.3 is 5.11 Å². The number of halogens is 3. The van der Waals surface area contributed by atoms with Gasteiger partial charge in [0.05, 0.1) is 12.0 Å². The smallest absolute Gasteiger partial charge is 0.388 e. The van der Waals surface area contributed by atoms with Gasteiger partial charge in [-0.15, -0.1) is 0 Å². The lowest BCUT2D eigenvalue weighted by Gasteiger charge is -2.36. The zero-order valence-electron chi connectivity index (χ0n) is 11.9. The average molecular weight is 286 g/mol. The van der Waals surface area contributed by atoms with Crippen LogP contribution in [0.1, 0.15) is 48.5 Å². The molecule has 0 radical (unpaired) electrons. The minimum Gasteiger partial charge on any atom is -0.388 e. The van der Waals surface area contributed by atoms with Crippen molar-refractivity contribution in [2.45, 2.75) is 51.8 Å². The molecule has 1 nitrogen and oxygen atoms in total. The molecule has 0 saturated heterocycles. The van der Waals surface area contributed by atoms with Gasteiger partial charge in [0.2, 0.25) is 0 Å². The molecule has 0 bridgehead atoms. The molecule has 3 atom stereocenters. The van der Waals surface area contributed by atoms with Crippen molar-refractivity contribution in [3.8, 4) is 0 Å². The third-order valence-electron chi connectivity index (χ3n) is 4.39. The van der Waals surface area contributed by atoms with Crippen molar-refractivity contribution in [2.75, 3.05) is 0 Å². The van der Waals surface area contributed by atoms with Crippen LogP contribution in [-0.4, -0.2) is 11.3 Å². The summed E-state index contributed by atoms with van der Waals surface area (Å²) in [5.41, 5.74) is 2.55. The largest absolute Gasteiger partial charge is 0.392 e. The van der Waals surface area contributed by atoms with Crippen LogP contribution in [0.25, 0.3) is 0 Å². The third-order valence-corrected chi connectivity index (χ3v) is 4.39. The van der Waals surface area contributed by atoms with Gasteiger partial charge in [-0.2, -0.15) is 13.2 Å². The molecule has 0 spiro atoms. The quantitative estimate of drug-likeness (QED) is 0.835. The fraction of sp³-hybridized carbons (Fsp3) is 0.625. The van der Waals surface area contributed by atoms with Crippen molar-refractivity contribution < 1.29 is 18.3 Å². The van der Waals surface area contributed by atoms with Gasteiger partial charge in [-0.1, -0.05) is 36.6 Å². The molecule has 1 N–H and O–H groups in total. The monoisotopic (exact) mass is 286 g/mol. The second-order valence-electron chi connectivity index (χ2n) is 5.90. The predicted molar refractivity (Wildman–Crippen MR) is 72.4 cm³/mol. The van der Waals surface area contributed by atoms with Crippen LogP contribution in [0.15, 0.2) is 18.2 Å². The van der Waals surface area contributed by atoms with Crippen molar-refractivity contribution in [1.82, 2.24) is 0 Å². The highest BCUT2D eigenvalue weighted by Gasteiger charge is 2.47. The Labute approximate surface area is 117 Å². The fourth-order valence-corrected chi connectivity index (χ4v) is 3.33. The Morgan fingerprint density at radius 3 is 2.40 bits per heavy atom. The molecule has 1 aromatic carbocycles. The lowest BCUT2D eigenvalue weighted by Crippen LogP contribution is -2.36. The number of hydrogen-bond acceptors (Lipinski definition) is 1. The summed E-state index contributed by atoms with van der Waals surface area (Å²) in [5.74, 6) is -2.10. The fourth-order valence-electron chi connectivity index (χ4n) is 3.33. The Morgan fingerprint density at radius 1 is 1.15 bits per heavy atom. The van der Waals surface area contributed by atoms with E-state index < -0.39 is 24.1 Å². The molecule has 0 aliphatic heterocycles. The summed E-state index contributed by atoms with van der Waals surface area (Å²) in [6.07, 6.45) is -3.30. The summed E-state index contributed by atoms with van der Waals surface area (Å²) in [6.45, 7) is 3.78. The summed E-state index contributed by atoms with van der Waals surface area (Å²) >= 11 is 0. The molecule has 20 heavy (non-hydrogen) atoms. The second-order valence-corrected chi connectivity index (χ2v) is 5.90. The molecule has 1 aliphatic rings. The Hall–Kier alpha value is -1.03. The van der Waals surface area contributed by atoms with Crippen LogP contribution in [-0.2, 0) is 0 Å². The van der Waals surface area contributed by atoms with E-state index in [1.807, 2.05) is 26.0 Å². The Bertz CT molecular complexity index is 467.